The van der Waals surface area contributed by atoms with Crippen LogP contribution in [0.5, 0.6) is 0 Å². The highest BCUT2D eigenvalue weighted by Gasteiger charge is 2.11. The first kappa shape index (κ1) is 16.7. The van der Waals surface area contributed by atoms with E-state index in [1.165, 1.54) is 0 Å². The van der Waals surface area contributed by atoms with Crippen LogP contribution in [0.25, 0.3) is 0 Å². The third-order valence-corrected chi connectivity index (χ3v) is 3.35. The summed E-state index contributed by atoms with van der Waals surface area (Å²) in [6, 6.07) is 6.06. The number of hydrogen-bond donors (Lipinski definition) is 2. The van der Waals surface area contributed by atoms with E-state index in [4.69, 9.17) is 0 Å². The first-order valence-corrected chi connectivity index (χ1v) is 7.19. The van der Waals surface area contributed by atoms with Gasteiger partial charge in [-0.3, -0.25) is 9.69 Å². The van der Waals surface area contributed by atoms with Crippen molar-refractivity contribution in [2.45, 2.75) is 39.7 Å². The molecule has 0 saturated carbocycles. The van der Waals surface area contributed by atoms with Gasteiger partial charge in [-0.25, -0.2) is 0 Å². The number of para-hydroxylation sites is 1. The molecule has 0 spiro atoms. The van der Waals surface area contributed by atoms with Gasteiger partial charge in [0.1, 0.15) is 0 Å². The van der Waals surface area contributed by atoms with Crippen LogP contribution >= 0.6 is 0 Å². The third kappa shape index (κ3) is 5.31. The van der Waals surface area contributed by atoms with Gasteiger partial charge in [-0.15, -0.1) is 0 Å². The van der Waals surface area contributed by atoms with Gasteiger partial charge < -0.3 is 10.4 Å². The Morgan fingerprint density at radius 3 is 2.75 bits per heavy atom. The van der Waals surface area contributed by atoms with Crippen LogP contribution in [-0.2, 0) is 11.2 Å². The maximum Gasteiger partial charge on any atom is 0.238 e. The minimum atomic E-state index is -0.330. The molecule has 0 heterocycles. The van der Waals surface area contributed by atoms with E-state index in [2.05, 4.69) is 12.2 Å². The Hall–Kier alpha value is -1.39. The van der Waals surface area contributed by atoms with Crippen molar-refractivity contribution in [1.29, 1.82) is 0 Å². The lowest BCUT2D eigenvalue weighted by atomic mass is 10.1. The molecular formula is C16H26N2O2. The van der Waals surface area contributed by atoms with Gasteiger partial charge >= 0.3 is 0 Å². The SMILES string of the molecule is CCc1cccc(C)c1NC(=O)CN(C)CCC(C)O. The fraction of sp³-hybridized carbons (Fsp3) is 0.562. The largest absolute Gasteiger partial charge is 0.393 e. The van der Waals surface area contributed by atoms with Crippen LogP contribution < -0.4 is 5.32 Å². The quantitative estimate of drug-likeness (QED) is 0.804. The maximum atomic E-state index is 12.1. The average Bonchev–Trinajstić information content (AvgIpc) is 2.38. The van der Waals surface area contributed by atoms with Gasteiger partial charge in [0, 0.05) is 12.2 Å². The Kier molecular flexibility index (Phi) is 6.68. The lowest BCUT2D eigenvalue weighted by Crippen LogP contribution is -2.32. The Morgan fingerprint density at radius 2 is 2.15 bits per heavy atom. The molecule has 4 heteroatoms. The third-order valence-electron chi connectivity index (χ3n) is 3.35. The van der Waals surface area contributed by atoms with Gasteiger partial charge in [-0.05, 0) is 44.9 Å². The summed E-state index contributed by atoms with van der Waals surface area (Å²) in [5.74, 6) is -0.0120. The van der Waals surface area contributed by atoms with Crippen molar-refractivity contribution >= 4 is 11.6 Å². The minimum Gasteiger partial charge on any atom is -0.393 e. The molecule has 0 fully saturated rings. The molecule has 1 amide bonds. The Balaban J connectivity index is 2.58. The molecule has 4 nitrogen and oxygen atoms in total. The number of nitrogens with zero attached hydrogens (tertiary/aromatic N) is 1. The zero-order chi connectivity index (χ0) is 15.1. The second-order valence-electron chi connectivity index (χ2n) is 5.39. The van der Waals surface area contributed by atoms with Crippen LogP contribution in [0.15, 0.2) is 18.2 Å². The van der Waals surface area contributed by atoms with E-state index in [-0.39, 0.29) is 12.0 Å². The standard InChI is InChI=1S/C16H26N2O2/c1-5-14-8-6-7-12(2)16(14)17-15(20)11-18(4)10-9-13(3)19/h6-8,13,19H,5,9-11H2,1-4H3,(H,17,20). The molecule has 1 aromatic rings. The number of nitrogens with one attached hydrogen (secondary N) is 1. The molecule has 0 aromatic heterocycles. The Labute approximate surface area is 121 Å². The number of aryl methyl sites for hydroxylation is 2. The highest BCUT2D eigenvalue weighted by Crippen LogP contribution is 2.20. The van der Waals surface area contributed by atoms with Crippen LogP contribution in [0, 0.1) is 6.92 Å². The van der Waals surface area contributed by atoms with Crippen molar-refractivity contribution in [3.63, 3.8) is 0 Å². The van der Waals surface area contributed by atoms with Crippen molar-refractivity contribution in [3.8, 4) is 0 Å². The zero-order valence-corrected chi connectivity index (χ0v) is 12.9. The Bertz CT molecular complexity index is 444. The predicted octanol–water partition coefficient (Wildman–Crippen LogP) is 2.20. The minimum absolute atomic E-state index is 0.0120. The number of carbonyl (C=O) groups excluding carboxylic acids is 1. The number of hydrogen-bond acceptors (Lipinski definition) is 3. The number of anilines is 1. The predicted molar refractivity (Wildman–Crippen MR) is 83.0 cm³/mol. The lowest BCUT2D eigenvalue weighted by Gasteiger charge is -2.18. The summed E-state index contributed by atoms with van der Waals surface area (Å²) in [5.41, 5.74) is 3.18. The molecule has 1 rings (SSSR count). The van der Waals surface area contributed by atoms with Crippen LogP contribution in [0.4, 0.5) is 5.69 Å². The second-order valence-corrected chi connectivity index (χ2v) is 5.39. The molecule has 0 bridgehead atoms. The van der Waals surface area contributed by atoms with Gasteiger partial charge in [0.2, 0.25) is 5.91 Å². The molecule has 2 N–H and O–H groups in total. The van der Waals surface area contributed by atoms with E-state index in [9.17, 15) is 9.90 Å². The molecule has 0 radical (unpaired) electrons. The van der Waals surface area contributed by atoms with E-state index in [0.717, 1.165) is 23.2 Å². The summed E-state index contributed by atoms with van der Waals surface area (Å²) in [5, 5.41) is 12.3. The summed E-state index contributed by atoms with van der Waals surface area (Å²) in [6.07, 6.45) is 1.24. The molecule has 0 aliphatic heterocycles. The highest BCUT2D eigenvalue weighted by molar-refractivity contribution is 5.93. The lowest BCUT2D eigenvalue weighted by molar-refractivity contribution is -0.117. The van der Waals surface area contributed by atoms with Gasteiger partial charge in [-0.2, -0.15) is 0 Å². The molecule has 112 valence electrons. The fourth-order valence-corrected chi connectivity index (χ4v) is 2.11. The summed E-state index contributed by atoms with van der Waals surface area (Å²) in [4.78, 5) is 14.0. The second kappa shape index (κ2) is 8.02. The van der Waals surface area contributed by atoms with Crippen LogP contribution in [0.3, 0.4) is 0 Å². The van der Waals surface area contributed by atoms with E-state index in [0.29, 0.717) is 19.5 Å². The smallest absolute Gasteiger partial charge is 0.238 e. The molecule has 1 atom stereocenters. The van der Waals surface area contributed by atoms with Gasteiger partial charge in [0.05, 0.1) is 12.6 Å². The molecule has 20 heavy (non-hydrogen) atoms. The normalized spacial score (nSPS) is 12.5. The van der Waals surface area contributed by atoms with Gasteiger partial charge in [0.25, 0.3) is 0 Å². The summed E-state index contributed by atoms with van der Waals surface area (Å²) in [6.45, 7) is 6.89. The first-order valence-electron chi connectivity index (χ1n) is 7.19. The molecular weight excluding hydrogens is 252 g/mol. The molecule has 0 aliphatic rings. The van der Waals surface area contributed by atoms with Crippen molar-refractivity contribution in [2.75, 3.05) is 25.5 Å². The topological polar surface area (TPSA) is 52.6 Å². The summed E-state index contributed by atoms with van der Waals surface area (Å²) < 4.78 is 0. The maximum absolute atomic E-state index is 12.1. The van der Waals surface area contributed by atoms with Gasteiger partial charge in [-0.1, -0.05) is 25.1 Å². The molecule has 1 unspecified atom stereocenters. The summed E-state index contributed by atoms with van der Waals surface area (Å²) in [7, 11) is 1.89. The zero-order valence-electron chi connectivity index (χ0n) is 12.9. The number of amides is 1. The highest BCUT2D eigenvalue weighted by atomic mass is 16.3. The molecule has 1 aromatic carbocycles. The average molecular weight is 278 g/mol. The van der Waals surface area contributed by atoms with E-state index >= 15 is 0 Å². The number of aliphatic hydroxyl groups is 1. The molecule has 0 aliphatic carbocycles. The first-order chi connectivity index (χ1) is 9.43. The van der Waals surface area contributed by atoms with Crippen molar-refractivity contribution < 1.29 is 9.90 Å². The monoisotopic (exact) mass is 278 g/mol. The van der Waals surface area contributed by atoms with E-state index in [1.807, 2.05) is 37.1 Å². The van der Waals surface area contributed by atoms with E-state index < -0.39 is 0 Å². The van der Waals surface area contributed by atoms with Crippen molar-refractivity contribution in [3.05, 3.63) is 29.3 Å². The number of likely N-dealkylation sites (N-methyl/N-ethyl adjacent to an activating group) is 1. The Morgan fingerprint density at radius 1 is 1.45 bits per heavy atom. The number of carbonyl (C=O) groups is 1. The van der Waals surface area contributed by atoms with E-state index in [1.54, 1.807) is 6.92 Å². The van der Waals surface area contributed by atoms with Gasteiger partial charge in [0.15, 0.2) is 0 Å². The number of aliphatic hydroxyl groups excluding tert-OH is 1. The van der Waals surface area contributed by atoms with Crippen LogP contribution in [-0.4, -0.2) is 42.2 Å². The van der Waals surface area contributed by atoms with Crippen LogP contribution in [0.1, 0.15) is 31.4 Å². The van der Waals surface area contributed by atoms with Crippen LogP contribution in [0.2, 0.25) is 0 Å². The van der Waals surface area contributed by atoms with Crippen molar-refractivity contribution in [1.82, 2.24) is 4.90 Å². The number of benzene rings is 1. The molecule has 0 saturated heterocycles. The summed E-state index contributed by atoms with van der Waals surface area (Å²) >= 11 is 0. The fourth-order valence-electron chi connectivity index (χ4n) is 2.11. The number of rotatable bonds is 7. The van der Waals surface area contributed by atoms with Crippen molar-refractivity contribution in [2.24, 2.45) is 0 Å².